The zero-order valence-corrected chi connectivity index (χ0v) is 23.1. The van der Waals surface area contributed by atoms with Crippen LogP contribution in [0.2, 0.25) is 0 Å². The number of nitrogens with zero attached hydrogens (tertiary/aromatic N) is 5. The molecule has 1 fully saturated rings. The quantitative estimate of drug-likeness (QED) is 0.186. The highest BCUT2D eigenvalue weighted by Gasteiger charge is 2.33. The second-order valence-electron chi connectivity index (χ2n) is 10.3. The fourth-order valence-corrected chi connectivity index (χ4v) is 4.09. The molecule has 2 aromatic heterocycles. The Morgan fingerprint density at radius 2 is 1.95 bits per heavy atom. The summed E-state index contributed by atoms with van der Waals surface area (Å²) in [5, 5.41) is 18.4. The van der Waals surface area contributed by atoms with Gasteiger partial charge in [0.05, 0.1) is 5.92 Å². The number of hydrogen-bond donors (Lipinski definition) is 3. The van der Waals surface area contributed by atoms with Crippen molar-refractivity contribution in [2.24, 2.45) is 4.99 Å². The molecule has 3 aromatic rings. The van der Waals surface area contributed by atoms with Crippen LogP contribution in [0.15, 0.2) is 46.0 Å². The second-order valence-corrected chi connectivity index (χ2v) is 10.3. The first-order valence-electron chi connectivity index (χ1n) is 12.8. The maximum Gasteiger partial charge on any atom is 0.573 e. The Morgan fingerprint density at radius 1 is 1.19 bits per heavy atom. The Hall–Kier alpha value is -4.96. The summed E-state index contributed by atoms with van der Waals surface area (Å²) in [7, 11) is 0. The lowest BCUT2D eigenvalue weighted by atomic mass is 9.98. The van der Waals surface area contributed by atoms with Crippen molar-refractivity contribution in [3.05, 3.63) is 48.2 Å². The number of alkyl halides is 3. The number of carbonyl (C=O) groups excluding carboxylic acids is 1. The fraction of sp³-hybridized carbons (Fsp3) is 0.385. The summed E-state index contributed by atoms with van der Waals surface area (Å²) < 4.78 is 65.3. The van der Waals surface area contributed by atoms with Gasteiger partial charge in [-0.25, -0.2) is 19.0 Å². The van der Waals surface area contributed by atoms with Crippen molar-refractivity contribution in [3.8, 4) is 17.1 Å². The van der Waals surface area contributed by atoms with Gasteiger partial charge in [0.1, 0.15) is 11.4 Å². The van der Waals surface area contributed by atoms with Gasteiger partial charge in [0.2, 0.25) is 17.7 Å². The number of carbonyl (C=O) groups is 2. The summed E-state index contributed by atoms with van der Waals surface area (Å²) in [5.41, 5.74) is -0.180. The molecule has 1 saturated heterocycles. The predicted molar refractivity (Wildman–Crippen MR) is 142 cm³/mol. The van der Waals surface area contributed by atoms with Crippen LogP contribution in [-0.4, -0.2) is 68.3 Å². The number of nitrogens with one attached hydrogen (secondary N) is 2. The minimum absolute atomic E-state index is 0.142. The molecule has 1 aliphatic rings. The van der Waals surface area contributed by atoms with Gasteiger partial charge in [-0.05, 0) is 57.9 Å². The van der Waals surface area contributed by atoms with Crippen molar-refractivity contribution in [1.29, 1.82) is 0 Å². The van der Waals surface area contributed by atoms with Crippen molar-refractivity contribution in [1.82, 2.24) is 25.3 Å². The first kappa shape index (κ1) is 31.0. The Bertz CT molecular complexity index is 1490. The minimum atomic E-state index is -5.02. The maximum atomic E-state index is 14.0. The third kappa shape index (κ3) is 9.01. The Morgan fingerprint density at radius 3 is 2.58 bits per heavy atom. The zero-order chi connectivity index (χ0) is 31.4. The van der Waals surface area contributed by atoms with Crippen LogP contribution in [0.4, 0.5) is 38.7 Å². The maximum absolute atomic E-state index is 14.0. The number of ether oxygens (including phenoxy) is 2. The number of piperidine rings is 1. The van der Waals surface area contributed by atoms with E-state index in [1.54, 1.807) is 31.7 Å². The summed E-state index contributed by atoms with van der Waals surface area (Å²) in [6.45, 7) is 5.66. The van der Waals surface area contributed by atoms with Crippen molar-refractivity contribution >= 4 is 29.7 Å². The van der Waals surface area contributed by atoms with Gasteiger partial charge in [-0.3, -0.25) is 5.32 Å². The molecule has 0 unspecified atom stereocenters. The first-order valence-corrected chi connectivity index (χ1v) is 12.8. The van der Waals surface area contributed by atoms with Crippen LogP contribution in [0.25, 0.3) is 11.4 Å². The van der Waals surface area contributed by atoms with Gasteiger partial charge in [0, 0.05) is 36.6 Å². The molecule has 0 saturated carbocycles. The molecule has 0 aliphatic carbocycles. The van der Waals surface area contributed by atoms with E-state index in [-0.39, 0.29) is 41.6 Å². The minimum Gasteiger partial charge on any atom is -0.463 e. The molecule has 1 atom stereocenters. The summed E-state index contributed by atoms with van der Waals surface area (Å²) in [4.78, 5) is 37.3. The number of alkyl carbamates (subject to hydrolysis) is 1. The van der Waals surface area contributed by atoms with Gasteiger partial charge in [-0.15, -0.1) is 18.2 Å². The van der Waals surface area contributed by atoms with Gasteiger partial charge in [0.25, 0.3) is 0 Å². The van der Waals surface area contributed by atoms with Gasteiger partial charge in [-0.2, -0.15) is 4.98 Å². The molecule has 2 amide bonds. The Balaban J connectivity index is 1.41. The SMILES string of the molecule is CC(C)(C)OC(=O)N/C(=N\C(=O)O)N1CCC[C@@H](c2nc(-c3ccc(Nc4ccc(OC(F)(F)F)c(F)c4)nc3)no2)C1. The lowest BCUT2D eigenvalue weighted by molar-refractivity contribution is -0.275. The smallest absolute Gasteiger partial charge is 0.463 e. The molecular formula is C26H27F4N7O6. The number of likely N-dealkylation sites (tertiary alicyclic amines) is 1. The molecule has 17 heteroatoms. The summed E-state index contributed by atoms with van der Waals surface area (Å²) in [6.07, 6.45) is -4.67. The largest absolute Gasteiger partial charge is 0.573 e. The highest BCUT2D eigenvalue weighted by atomic mass is 19.4. The Labute approximate surface area is 241 Å². The molecule has 0 radical (unpaired) electrons. The number of guanidine groups is 1. The van der Waals surface area contributed by atoms with Gasteiger partial charge in [-0.1, -0.05) is 5.16 Å². The van der Waals surface area contributed by atoms with Gasteiger partial charge in [0.15, 0.2) is 11.6 Å². The Kier molecular flexibility index (Phi) is 9.01. The normalized spacial score (nSPS) is 16.0. The van der Waals surface area contributed by atoms with Crippen molar-refractivity contribution in [2.45, 2.75) is 51.5 Å². The van der Waals surface area contributed by atoms with Crippen LogP contribution in [0.3, 0.4) is 0 Å². The number of hydrogen-bond acceptors (Lipinski definition) is 9. The second kappa shape index (κ2) is 12.5. The first-order chi connectivity index (χ1) is 20.1. The summed E-state index contributed by atoms with van der Waals surface area (Å²) >= 11 is 0. The van der Waals surface area contributed by atoms with Crippen LogP contribution in [-0.2, 0) is 4.74 Å². The van der Waals surface area contributed by atoms with E-state index in [0.29, 0.717) is 24.9 Å². The van der Waals surface area contributed by atoms with Crippen LogP contribution in [0.5, 0.6) is 5.75 Å². The number of carboxylic acid groups (broad SMARTS) is 1. The van der Waals surface area contributed by atoms with Crippen LogP contribution in [0, 0.1) is 5.82 Å². The zero-order valence-electron chi connectivity index (χ0n) is 23.1. The van der Waals surface area contributed by atoms with E-state index in [1.165, 1.54) is 18.3 Å². The van der Waals surface area contributed by atoms with Gasteiger partial charge >= 0.3 is 18.5 Å². The van der Waals surface area contributed by atoms with E-state index in [2.05, 4.69) is 35.5 Å². The summed E-state index contributed by atoms with van der Waals surface area (Å²) in [6, 6.07) is 6.02. The molecule has 4 rings (SSSR count). The molecule has 1 aliphatic heterocycles. The molecule has 0 bridgehead atoms. The van der Waals surface area contributed by atoms with E-state index in [1.807, 2.05) is 0 Å². The number of aromatic nitrogens is 3. The molecule has 0 spiro atoms. The number of benzene rings is 1. The molecule has 13 nitrogen and oxygen atoms in total. The van der Waals surface area contributed by atoms with Crippen LogP contribution in [0.1, 0.15) is 45.4 Å². The van der Waals surface area contributed by atoms with E-state index < -0.39 is 35.7 Å². The van der Waals surface area contributed by atoms with Crippen molar-refractivity contribution in [2.75, 3.05) is 18.4 Å². The number of aliphatic imine (C=N–C) groups is 1. The molecule has 3 N–H and O–H groups in total. The third-order valence-corrected chi connectivity index (χ3v) is 5.78. The van der Waals surface area contributed by atoms with E-state index in [9.17, 15) is 32.3 Å². The third-order valence-electron chi connectivity index (χ3n) is 5.78. The molecule has 230 valence electrons. The van der Waals surface area contributed by atoms with E-state index >= 15 is 0 Å². The number of halogens is 4. The fourth-order valence-electron chi connectivity index (χ4n) is 4.09. The van der Waals surface area contributed by atoms with Gasteiger partial charge < -0.3 is 29.3 Å². The van der Waals surface area contributed by atoms with E-state index in [0.717, 1.165) is 12.1 Å². The lowest BCUT2D eigenvalue weighted by Crippen LogP contribution is -2.49. The van der Waals surface area contributed by atoms with E-state index in [4.69, 9.17) is 9.26 Å². The van der Waals surface area contributed by atoms with Crippen molar-refractivity contribution < 1.29 is 46.3 Å². The number of rotatable bonds is 5. The summed E-state index contributed by atoms with van der Waals surface area (Å²) in [5.74, 6) is -1.88. The lowest BCUT2D eigenvalue weighted by Gasteiger charge is -2.33. The number of amides is 2. The molecule has 43 heavy (non-hydrogen) atoms. The van der Waals surface area contributed by atoms with Crippen LogP contribution >= 0.6 is 0 Å². The average molecular weight is 610 g/mol. The topological polar surface area (TPSA) is 164 Å². The molecular weight excluding hydrogens is 582 g/mol. The highest BCUT2D eigenvalue weighted by molar-refractivity contribution is 5.98. The van der Waals surface area contributed by atoms with Crippen molar-refractivity contribution in [3.63, 3.8) is 0 Å². The molecule has 3 heterocycles. The molecule has 1 aromatic carbocycles. The number of pyridine rings is 1. The predicted octanol–water partition coefficient (Wildman–Crippen LogP) is 5.65. The highest BCUT2D eigenvalue weighted by Crippen LogP contribution is 2.30. The standard InChI is InChI=1S/C26H27F4N7O6/c1-25(2,3)42-24(40)35-22(34-23(38)39)37-10-4-5-15(13-37)21-33-20(36-43-21)14-6-9-19(31-12-14)32-16-7-8-18(17(27)11-16)41-26(28,29)30/h6-9,11-12,15H,4-5,10,13H2,1-3H3,(H,31,32)(H,38,39)(H,34,35,40)/t15-/m1/s1. The number of anilines is 2. The average Bonchev–Trinajstić information content (AvgIpc) is 3.39. The monoisotopic (exact) mass is 609 g/mol. The van der Waals surface area contributed by atoms with Crippen LogP contribution < -0.4 is 15.4 Å².